The van der Waals surface area contributed by atoms with Crippen LogP contribution in [0.1, 0.15) is 32.3 Å². The number of pyridine rings is 1. The van der Waals surface area contributed by atoms with Crippen molar-refractivity contribution >= 4 is 5.91 Å². The van der Waals surface area contributed by atoms with Crippen molar-refractivity contribution in [3.63, 3.8) is 0 Å². The van der Waals surface area contributed by atoms with Crippen molar-refractivity contribution in [1.29, 1.82) is 0 Å². The second kappa shape index (κ2) is 7.11. The lowest BCUT2D eigenvalue weighted by Gasteiger charge is -2.22. The first-order valence-electron chi connectivity index (χ1n) is 6.39. The standard InChI is InChI=1S/C14H23N3O/c1-14(2,10-15)11-17-13(18)7-3-5-12-6-4-8-16-9-12/h4,6,8-9H,3,5,7,10-11,15H2,1-2H3,(H,17,18). The van der Waals surface area contributed by atoms with Gasteiger partial charge in [-0.15, -0.1) is 0 Å². The number of amides is 1. The summed E-state index contributed by atoms with van der Waals surface area (Å²) in [4.78, 5) is 15.7. The molecule has 0 saturated carbocycles. The second-order valence-corrected chi connectivity index (χ2v) is 5.36. The van der Waals surface area contributed by atoms with E-state index in [4.69, 9.17) is 5.73 Å². The summed E-state index contributed by atoms with van der Waals surface area (Å²) < 4.78 is 0. The van der Waals surface area contributed by atoms with E-state index < -0.39 is 0 Å². The Morgan fingerprint density at radius 3 is 2.89 bits per heavy atom. The van der Waals surface area contributed by atoms with Gasteiger partial charge in [0.2, 0.25) is 5.91 Å². The third-order valence-corrected chi connectivity index (χ3v) is 2.91. The number of nitrogens with two attached hydrogens (primary N) is 1. The zero-order valence-corrected chi connectivity index (χ0v) is 11.3. The minimum Gasteiger partial charge on any atom is -0.356 e. The Bertz CT molecular complexity index is 363. The molecule has 4 nitrogen and oxygen atoms in total. The minimum atomic E-state index is -0.0288. The fraction of sp³-hybridized carbons (Fsp3) is 0.571. The normalized spacial score (nSPS) is 11.3. The number of hydrogen-bond acceptors (Lipinski definition) is 3. The number of aryl methyl sites for hydroxylation is 1. The predicted molar refractivity (Wildman–Crippen MR) is 73.0 cm³/mol. The maximum Gasteiger partial charge on any atom is 0.220 e. The highest BCUT2D eigenvalue weighted by Gasteiger charge is 2.16. The average molecular weight is 249 g/mol. The third kappa shape index (κ3) is 5.77. The Balaban J connectivity index is 2.18. The maximum atomic E-state index is 11.6. The van der Waals surface area contributed by atoms with Gasteiger partial charge >= 0.3 is 0 Å². The Morgan fingerprint density at radius 1 is 1.50 bits per heavy atom. The van der Waals surface area contributed by atoms with E-state index in [0.717, 1.165) is 12.8 Å². The van der Waals surface area contributed by atoms with E-state index in [1.54, 1.807) is 6.20 Å². The topological polar surface area (TPSA) is 68.0 Å². The van der Waals surface area contributed by atoms with Gasteiger partial charge in [-0.1, -0.05) is 19.9 Å². The Kier molecular flexibility index (Phi) is 5.78. The summed E-state index contributed by atoms with van der Waals surface area (Å²) in [6.45, 7) is 5.30. The Labute approximate surface area is 109 Å². The van der Waals surface area contributed by atoms with Gasteiger partial charge in [0.25, 0.3) is 0 Å². The second-order valence-electron chi connectivity index (χ2n) is 5.36. The van der Waals surface area contributed by atoms with Gasteiger partial charge in [-0.05, 0) is 36.4 Å². The van der Waals surface area contributed by atoms with Crippen LogP contribution in [0.25, 0.3) is 0 Å². The molecule has 0 fully saturated rings. The molecule has 4 heteroatoms. The van der Waals surface area contributed by atoms with E-state index in [0.29, 0.717) is 19.5 Å². The molecule has 0 atom stereocenters. The molecule has 1 rings (SSSR count). The highest BCUT2D eigenvalue weighted by molar-refractivity contribution is 5.75. The van der Waals surface area contributed by atoms with E-state index in [9.17, 15) is 4.79 Å². The van der Waals surface area contributed by atoms with Gasteiger partial charge < -0.3 is 11.1 Å². The molecule has 0 aliphatic rings. The number of carbonyl (C=O) groups excluding carboxylic acids is 1. The molecule has 0 aromatic carbocycles. The van der Waals surface area contributed by atoms with E-state index >= 15 is 0 Å². The molecule has 1 heterocycles. The van der Waals surface area contributed by atoms with E-state index in [1.807, 2.05) is 32.2 Å². The molecular formula is C14H23N3O. The van der Waals surface area contributed by atoms with Crippen LogP contribution in [-0.4, -0.2) is 24.0 Å². The quantitative estimate of drug-likeness (QED) is 0.769. The fourth-order valence-electron chi connectivity index (χ4n) is 1.50. The average Bonchev–Trinajstić information content (AvgIpc) is 2.38. The zero-order valence-electron chi connectivity index (χ0n) is 11.3. The molecule has 0 saturated heterocycles. The van der Waals surface area contributed by atoms with Crippen LogP contribution in [-0.2, 0) is 11.2 Å². The van der Waals surface area contributed by atoms with Crippen molar-refractivity contribution in [3.8, 4) is 0 Å². The van der Waals surface area contributed by atoms with Crippen molar-refractivity contribution < 1.29 is 4.79 Å². The van der Waals surface area contributed by atoms with Crippen LogP contribution < -0.4 is 11.1 Å². The number of aromatic nitrogens is 1. The van der Waals surface area contributed by atoms with Gasteiger partial charge in [0.05, 0.1) is 0 Å². The molecule has 3 N–H and O–H groups in total. The van der Waals surface area contributed by atoms with Crippen LogP contribution in [0, 0.1) is 5.41 Å². The number of hydrogen-bond donors (Lipinski definition) is 2. The zero-order chi connectivity index (χ0) is 13.4. The van der Waals surface area contributed by atoms with Gasteiger partial charge in [0, 0.05) is 25.4 Å². The molecule has 0 unspecified atom stereocenters. The van der Waals surface area contributed by atoms with Crippen molar-refractivity contribution in [2.45, 2.75) is 33.1 Å². The summed E-state index contributed by atoms with van der Waals surface area (Å²) in [5.41, 5.74) is 6.76. The fourth-order valence-corrected chi connectivity index (χ4v) is 1.50. The lowest BCUT2D eigenvalue weighted by molar-refractivity contribution is -0.121. The van der Waals surface area contributed by atoms with Crippen molar-refractivity contribution in [2.24, 2.45) is 11.1 Å². The minimum absolute atomic E-state index is 0.0288. The molecule has 1 aromatic rings. The van der Waals surface area contributed by atoms with Crippen molar-refractivity contribution in [2.75, 3.05) is 13.1 Å². The molecule has 0 radical (unpaired) electrons. The summed E-state index contributed by atoms with van der Waals surface area (Å²) in [5.74, 6) is 0.0976. The number of nitrogens with zero attached hydrogens (tertiary/aromatic N) is 1. The van der Waals surface area contributed by atoms with Crippen LogP contribution in [0.5, 0.6) is 0 Å². The number of nitrogens with one attached hydrogen (secondary N) is 1. The van der Waals surface area contributed by atoms with Crippen molar-refractivity contribution in [3.05, 3.63) is 30.1 Å². The highest BCUT2D eigenvalue weighted by Crippen LogP contribution is 2.10. The summed E-state index contributed by atoms with van der Waals surface area (Å²) in [6, 6.07) is 3.95. The van der Waals surface area contributed by atoms with Gasteiger partial charge in [-0.2, -0.15) is 0 Å². The smallest absolute Gasteiger partial charge is 0.220 e. The van der Waals surface area contributed by atoms with E-state index in [2.05, 4.69) is 10.3 Å². The van der Waals surface area contributed by atoms with Gasteiger partial charge in [-0.25, -0.2) is 0 Å². The van der Waals surface area contributed by atoms with Crippen LogP contribution in [0.3, 0.4) is 0 Å². The summed E-state index contributed by atoms with van der Waals surface area (Å²) >= 11 is 0. The van der Waals surface area contributed by atoms with Crippen LogP contribution in [0.2, 0.25) is 0 Å². The molecule has 1 amide bonds. The van der Waals surface area contributed by atoms with Crippen LogP contribution in [0.15, 0.2) is 24.5 Å². The molecule has 0 bridgehead atoms. The first-order chi connectivity index (χ1) is 8.53. The summed E-state index contributed by atoms with van der Waals surface area (Å²) in [6.07, 6.45) is 5.89. The molecule has 100 valence electrons. The van der Waals surface area contributed by atoms with Gasteiger partial charge in [0.15, 0.2) is 0 Å². The number of rotatable bonds is 7. The lowest BCUT2D eigenvalue weighted by atomic mass is 9.94. The molecular weight excluding hydrogens is 226 g/mol. The van der Waals surface area contributed by atoms with E-state index in [-0.39, 0.29) is 11.3 Å². The third-order valence-electron chi connectivity index (χ3n) is 2.91. The molecule has 1 aromatic heterocycles. The maximum absolute atomic E-state index is 11.6. The van der Waals surface area contributed by atoms with Crippen LogP contribution >= 0.6 is 0 Å². The first kappa shape index (κ1) is 14.6. The van der Waals surface area contributed by atoms with E-state index in [1.165, 1.54) is 5.56 Å². The number of carbonyl (C=O) groups is 1. The Hall–Kier alpha value is -1.42. The van der Waals surface area contributed by atoms with Gasteiger partial charge in [0.1, 0.15) is 0 Å². The van der Waals surface area contributed by atoms with Gasteiger partial charge in [-0.3, -0.25) is 9.78 Å². The molecule has 0 aliphatic heterocycles. The molecule has 0 spiro atoms. The molecule has 0 aliphatic carbocycles. The molecule has 18 heavy (non-hydrogen) atoms. The summed E-state index contributed by atoms with van der Waals surface area (Å²) in [7, 11) is 0. The van der Waals surface area contributed by atoms with Crippen molar-refractivity contribution in [1.82, 2.24) is 10.3 Å². The first-order valence-corrected chi connectivity index (χ1v) is 6.39. The highest BCUT2D eigenvalue weighted by atomic mass is 16.1. The lowest BCUT2D eigenvalue weighted by Crippen LogP contribution is -2.38. The Morgan fingerprint density at radius 2 is 2.28 bits per heavy atom. The monoisotopic (exact) mass is 249 g/mol. The SMILES string of the molecule is CC(C)(CN)CNC(=O)CCCc1cccnc1. The predicted octanol–water partition coefficient (Wildman–Crippen LogP) is 1.51. The largest absolute Gasteiger partial charge is 0.356 e. The van der Waals surface area contributed by atoms with Crippen LogP contribution in [0.4, 0.5) is 0 Å². The summed E-state index contributed by atoms with van der Waals surface area (Å²) in [5, 5.41) is 2.93.